The molecule has 0 radical (unpaired) electrons. The SMILES string of the molecule is Cc1cc(C)c(-c2c(C)cc(C)c(-c3c(C)cc(C)c(-c4c(C)cc(C)c(-c5c(C)cc(C)cc5C)c4C)c3C)c2C)c(C)c1. The summed E-state index contributed by atoms with van der Waals surface area (Å²) < 4.78 is 0. The van der Waals surface area contributed by atoms with Crippen LogP contribution in [-0.2, 0) is 0 Å². The van der Waals surface area contributed by atoms with Crippen molar-refractivity contribution in [2.24, 2.45) is 0 Å². The van der Waals surface area contributed by atoms with Crippen LogP contribution in [0.4, 0.5) is 0 Å². The summed E-state index contributed by atoms with van der Waals surface area (Å²) in [5.41, 5.74) is 31.4. The number of benzene rings is 5. The van der Waals surface area contributed by atoms with Crippen LogP contribution in [0.25, 0.3) is 44.5 Å². The van der Waals surface area contributed by atoms with Gasteiger partial charge in [0, 0.05) is 0 Å². The first-order valence-electron chi connectivity index (χ1n) is 16.5. The molecule has 0 N–H and O–H groups in total. The first-order valence-corrected chi connectivity index (χ1v) is 16.5. The van der Waals surface area contributed by atoms with E-state index in [2.05, 4.69) is 146 Å². The standard InChI is InChI=1S/C45H52/c1-23-16-25(3)38(26(4)17-23)40-29(7)20-31(9)42(35(40)13)44-33(11)22-34(12)45(37(44)15)43-32(10)21-30(8)41(36(43)14)39-27(5)18-24(2)19-28(39)6/h16-22H,1-15H3. The lowest BCUT2D eigenvalue weighted by Crippen LogP contribution is -2.05. The van der Waals surface area contributed by atoms with E-state index in [0.29, 0.717) is 0 Å². The fourth-order valence-electron chi connectivity index (χ4n) is 9.01. The van der Waals surface area contributed by atoms with Gasteiger partial charge in [-0.25, -0.2) is 0 Å². The quantitative estimate of drug-likeness (QED) is 0.195. The van der Waals surface area contributed by atoms with Gasteiger partial charge in [-0.05, 0) is 221 Å². The summed E-state index contributed by atoms with van der Waals surface area (Å²) in [5.74, 6) is 0. The Bertz CT molecular complexity index is 1840. The highest BCUT2D eigenvalue weighted by atomic mass is 14.3. The molecule has 0 heterocycles. The predicted molar refractivity (Wildman–Crippen MR) is 199 cm³/mol. The zero-order valence-corrected chi connectivity index (χ0v) is 30.5. The van der Waals surface area contributed by atoms with Gasteiger partial charge in [-0.2, -0.15) is 0 Å². The van der Waals surface area contributed by atoms with Gasteiger partial charge < -0.3 is 0 Å². The van der Waals surface area contributed by atoms with Crippen LogP contribution in [0.2, 0.25) is 0 Å². The van der Waals surface area contributed by atoms with Crippen LogP contribution in [0.1, 0.15) is 83.5 Å². The molecule has 0 saturated heterocycles. The van der Waals surface area contributed by atoms with Crippen molar-refractivity contribution in [2.75, 3.05) is 0 Å². The van der Waals surface area contributed by atoms with Gasteiger partial charge in [0.25, 0.3) is 0 Å². The van der Waals surface area contributed by atoms with E-state index in [-0.39, 0.29) is 0 Å². The predicted octanol–water partition coefficient (Wildman–Crippen LogP) is 13.0. The molecule has 0 heteroatoms. The largest absolute Gasteiger partial charge is 0.0557 e. The second kappa shape index (κ2) is 11.8. The van der Waals surface area contributed by atoms with Crippen LogP contribution < -0.4 is 0 Å². The maximum Gasteiger partial charge on any atom is -0.0113 e. The third-order valence-electron chi connectivity index (χ3n) is 10.3. The normalized spacial score (nSPS) is 11.4. The monoisotopic (exact) mass is 592 g/mol. The zero-order chi connectivity index (χ0) is 33.2. The molecule has 0 saturated carbocycles. The lowest BCUT2D eigenvalue weighted by atomic mass is 9.77. The van der Waals surface area contributed by atoms with Gasteiger partial charge in [0.05, 0.1) is 0 Å². The van der Waals surface area contributed by atoms with E-state index in [9.17, 15) is 0 Å². The maximum absolute atomic E-state index is 2.43. The molecule has 0 nitrogen and oxygen atoms in total. The molecule has 5 rings (SSSR count). The molecule has 232 valence electrons. The molecular weight excluding hydrogens is 540 g/mol. The fraction of sp³-hybridized carbons (Fsp3) is 0.333. The van der Waals surface area contributed by atoms with Crippen LogP contribution >= 0.6 is 0 Å². The van der Waals surface area contributed by atoms with E-state index < -0.39 is 0 Å². The lowest BCUT2D eigenvalue weighted by Gasteiger charge is -2.27. The highest BCUT2D eigenvalue weighted by Gasteiger charge is 2.24. The highest BCUT2D eigenvalue weighted by Crippen LogP contribution is 2.47. The van der Waals surface area contributed by atoms with Crippen LogP contribution in [0, 0.1) is 104 Å². The Balaban J connectivity index is 1.86. The second-order valence-electron chi connectivity index (χ2n) is 14.2. The summed E-state index contributed by atoms with van der Waals surface area (Å²) >= 11 is 0. The minimum Gasteiger partial charge on any atom is -0.0557 e. The summed E-state index contributed by atoms with van der Waals surface area (Å²) in [5, 5.41) is 0. The van der Waals surface area contributed by atoms with Gasteiger partial charge in [0.15, 0.2) is 0 Å². The van der Waals surface area contributed by atoms with Crippen molar-refractivity contribution in [3.8, 4) is 44.5 Å². The molecule has 0 aromatic heterocycles. The molecule has 0 amide bonds. The Morgan fingerprint density at radius 1 is 0.200 bits per heavy atom. The third kappa shape index (κ3) is 5.37. The maximum atomic E-state index is 2.43. The minimum atomic E-state index is 1.32. The molecular formula is C45H52. The molecule has 0 fully saturated rings. The summed E-state index contributed by atoms with van der Waals surface area (Å²) in [6, 6.07) is 16.6. The Hall–Kier alpha value is -3.90. The molecule has 5 aromatic carbocycles. The van der Waals surface area contributed by atoms with Crippen LogP contribution in [0.15, 0.2) is 42.5 Å². The van der Waals surface area contributed by atoms with Gasteiger partial charge in [-0.15, -0.1) is 0 Å². The summed E-state index contributed by atoms with van der Waals surface area (Å²) in [4.78, 5) is 0. The fourth-order valence-corrected chi connectivity index (χ4v) is 9.01. The Morgan fingerprint density at radius 3 is 0.556 bits per heavy atom. The molecule has 5 aromatic rings. The van der Waals surface area contributed by atoms with Crippen LogP contribution in [-0.4, -0.2) is 0 Å². The van der Waals surface area contributed by atoms with Crippen molar-refractivity contribution < 1.29 is 0 Å². The second-order valence-corrected chi connectivity index (χ2v) is 14.2. The van der Waals surface area contributed by atoms with Gasteiger partial charge in [0.2, 0.25) is 0 Å². The molecule has 0 atom stereocenters. The van der Waals surface area contributed by atoms with E-state index in [0.717, 1.165) is 0 Å². The molecule has 0 bridgehead atoms. The first-order chi connectivity index (χ1) is 21.0. The summed E-state index contributed by atoms with van der Waals surface area (Å²) in [7, 11) is 0. The molecule has 0 aliphatic heterocycles. The molecule has 0 aliphatic carbocycles. The Morgan fingerprint density at radius 2 is 0.356 bits per heavy atom. The van der Waals surface area contributed by atoms with Crippen LogP contribution in [0.5, 0.6) is 0 Å². The number of aryl methyl sites for hydroxylation is 12. The van der Waals surface area contributed by atoms with Crippen molar-refractivity contribution in [3.63, 3.8) is 0 Å². The molecule has 45 heavy (non-hydrogen) atoms. The van der Waals surface area contributed by atoms with E-state index in [4.69, 9.17) is 0 Å². The Labute approximate surface area is 273 Å². The number of hydrogen-bond acceptors (Lipinski definition) is 0. The van der Waals surface area contributed by atoms with Crippen molar-refractivity contribution >= 4 is 0 Å². The molecule has 0 aliphatic rings. The molecule has 0 unspecified atom stereocenters. The summed E-state index contributed by atoms with van der Waals surface area (Å²) in [6.45, 7) is 34.3. The number of rotatable bonds is 4. The average Bonchev–Trinajstić information content (AvgIpc) is 2.90. The van der Waals surface area contributed by atoms with Gasteiger partial charge in [-0.3, -0.25) is 0 Å². The van der Waals surface area contributed by atoms with Crippen molar-refractivity contribution in [1.29, 1.82) is 0 Å². The van der Waals surface area contributed by atoms with Gasteiger partial charge >= 0.3 is 0 Å². The minimum absolute atomic E-state index is 1.32. The first kappa shape index (κ1) is 32.5. The zero-order valence-electron chi connectivity index (χ0n) is 30.5. The van der Waals surface area contributed by atoms with Gasteiger partial charge in [-0.1, -0.05) is 53.6 Å². The molecule has 0 spiro atoms. The summed E-state index contributed by atoms with van der Waals surface area (Å²) in [6.07, 6.45) is 0. The van der Waals surface area contributed by atoms with Crippen LogP contribution in [0.3, 0.4) is 0 Å². The number of hydrogen-bond donors (Lipinski definition) is 0. The topological polar surface area (TPSA) is 0 Å². The van der Waals surface area contributed by atoms with Crippen molar-refractivity contribution in [1.82, 2.24) is 0 Å². The van der Waals surface area contributed by atoms with Gasteiger partial charge in [0.1, 0.15) is 0 Å². The lowest BCUT2D eigenvalue weighted by molar-refractivity contribution is 1.24. The smallest absolute Gasteiger partial charge is 0.0113 e. The van der Waals surface area contributed by atoms with Crippen molar-refractivity contribution in [3.05, 3.63) is 126 Å². The highest BCUT2D eigenvalue weighted by molar-refractivity contribution is 5.93. The Kier molecular flexibility index (Phi) is 8.52. The average molecular weight is 593 g/mol. The van der Waals surface area contributed by atoms with E-state index in [1.165, 1.54) is 128 Å². The third-order valence-corrected chi connectivity index (χ3v) is 10.3. The van der Waals surface area contributed by atoms with E-state index in [1.807, 2.05) is 0 Å². The van der Waals surface area contributed by atoms with E-state index >= 15 is 0 Å². The van der Waals surface area contributed by atoms with E-state index in [1.54, 1.807) is 0 Å². The van der Waals surface area contributed by atoms with Crippen molar-refractivity contribution in [2.45, 2.75) is 104 Å².